The molecule has 0 unspecified atom stereocenters. The summed E-state index contributed by atoms with van der Waals surface area (Å²) in [6, 6.07) is 15.5. The second kappa shape index (κ2) is 5.78. The predicted molar refractivity (Wildman–Crippen MR) is 112 cm³/mol. The van der Waals surface area contributed by atoms with E-state index >= 15 is 0 Å². The second-order valence-corrected chi connectivity index (χ2v) is 7.42. The molecule has 0 radical (unpaired) electrons. The number of benzene rings is 2. The molecular weight excluding hydrogens is 330 g/mol. The van der Waals surface area contributed by atoms with E-state index in [-0.39, 0.29) is 0 Å². The molecule has 0 fully saturated rings. The first-order chi connectivity index (χ1) is 13.2. The Morgan fingerprint density at radius 2 is 1.85 bits per heavy atom. The van der Waals surface area contributed by atoms with Gasteiger partial charge in [-0.2, -0.15) is 4.40 Å². The number of pyridine rings is 2. The van der Waals surface area contributed by atoms with E-state index in [9.17, 15) is 0 Å². The molecule has 0 atom stereocenters. The third kappa shape index (κ3) is 2.08. The SMILES string of the molecule is CCc1cc(CC)c2c(c1)n(C)c1c3c(C)ccnc3c3ccccc3[n+]21. The first-order valence-corrected chi connectivity index (χ1v) is 9.77. The van der Waals surface area contributed by atoms with Crippen LogP contribution in [0.4, 0.5) is 0 Å². The van der Waals surface area contributed by atoms with Gasteiger partial charge in [0.05, 0.1) is 18.0 Å². The smallest absolute Gasteiger partial charge is 0.255 e. The number of aryl methyl sites for hydroxylation is 4. The van der Waals surface area contributed by atoms with Crippen molar-refractivity contribution >= 4 is 38.5 Å². The summed E-state index contributed by atoms with van der Waals surface area (Å²) in [5, 5.41) is 2.46. The largest absolute Gasteiger partial charge is 0.297 e. The molecule has 134 valence electrons. The van der Waals surface area contributed by atoms with Crippen LogP contribution in [0.5, 0.6) is 0 Å². The number of fused-ring (bicyclic) bond motifs is 8. The number of aromatic nitrogens is 3. The Morgan fingerprint density at radius 3 is 2.63 bits per heavy atom. The Bertz CT molecular complexity index is 1360. The van der Waals surface area contributed by atoms with Gasteiger partial charge in [-0.1, -0.05) is 32.0 Å². The maximum atomic E-state index is 4.78. The van der Waals surface area contributed by atoms with E-state index in [4.69, 9.17) is 4.98 Å². The quantitative estimate of drug-likeness (QED) is 0.321. The molecule has 0 saturated heterocycles. The van der Waals surface area contributed by atoms with Gasteiger partial charge in [0.1, 0.15) is 5.52 Å². The Labute approximate surface area is 158 Å². The molecule has 5 rings (SSSR count). The molecule has 0 aliphatic heterocycles. The van der Waals surface area contributed by atoms with E-state index in [1.807, 2.05) is 6.20 Å². The van der Waals surface area contributed by atoms with E-state index in [1.165, 1.54) is 49.7 Å². The Morgan fingerprint density at radius 1 is 1.04 bits per heavy atom. The fraction of sp³-hybridized carbons (Fsp3) is 0.250. The molecule has 2 aromatic carbocycles. The lowest BCUT2D eigenvalue weighted by Crippen LogP contribution is -2.24. The van der Waals surface area contributed by atoms with E-state index < -0.39 is 0 Å². The van der Waals surface area contributed by atoms with Crippen LogP contribution in [-0.2, 0) is 19.9 Å². The Hall–Kier alpha value is -2.94. The number of hydrogen-bond donors (Lipinski definition) is 0. The summed E-state index contributed by atoms with van der Waals surface area (Å²) in [6.45, 7) is 6.67. The highest BCUT2D eigenvalue weighted by molar-refractivity contribution is 6.09. The lowest BCUT2D eigenvalue weighted by atomic mass is 10.0. The Balaban J connectivity index is 2.22. The topological polar surface area (TPSA) is 21.9 Å². The molecule has 27 heavy (non-hydrogen) atoms. The minimum absolute atomic E-state index is 1.02. The molecule has 0 amide bonds. The fourth-order valence-electron chi connectivity index (χ4n) is 4.53. The van der Waals surface area contributed by atoms with E-state index in [2.05, 4.69) is 79.3 Å². The van der Waals surface area contributed by atoms with Crippen LogP contribution in [0.15, 0.2) is 48.7 Å². The highest BCUT2D eigenvalue weighted by atomic mass is 15.1. The van der Waals surface area contributed by atoms with Crippen LogP contribution >= 0.6 is 0 Å². The molecule has 0 saturated carbocycles. The van der Waals surface area contributed by atoms with E-state index in [0.717, 1.165) is 18.4 Å². The lowest BCUT2D eigenvalue weighted by Gasteiger charge is -2.06. The zero-order valence-electron chi connectivity index (χ0n) is 16.4. The highest BCUT2D eigenvalue weighted by Gasteiger charge is 2.26. The van der Waals surface area contributed by atoms with E-state index in [1.54, 1.807) is 0 Å². The van der Waals surface area contributed by atoms with Gasteiger partial charge in [-0.3, -0.25) is 4.98 Å². The van der Waals surface area contributed by atoms with Gasteiger partial charge in [-0.15, -0.1) is 0 Å². The molecule has 3 heteroatoms. The summed E-state index contributed by atoms with van der Waals surface area (Å²) in [5.41, 5.74) is 10.2. The normalized spacial score (nSPS) is 12.0. The zero-order chi connectivity index (χ0) is 18.7. The van der Waals surface area contributed by atoms with E-state index in [0.29, 0.717) is 0 Å². The molecule has 0 bridgehead atoms. The van der Waals surface area contributed by atoms with Gasteiger partial charge < -0.3 is 0 Å². The molecule has 3 aromatic heterocycles. The van der Waals surface area contributed by atoms with Crippen LogP contribution in [0.3, 0.4) is 0 Å². The van der Waals surface area contributed by atoms with Gasteiger partial charge in [-0.05, 0) is 55.2 Å². The molecule has 3 heterocycles. The summed E-state index contributed by atoms with van der Waals surface area (Å²) in [7, 11) is 2.19. The van der Waals surface area contributed by atoms with Crippen molar-refractivity contribution in [3.8, 4) is 0 Å². The fourth-order valence-corrected chi connectivity index (χ4v) is 4.53. The van der Waals surface area contributed by atoms with Crippen molar-refractivity contribution in [2.45, 2.75) is 33.6 Å². The molecule has 3 nitrogen and oxygen atoms in total. The van der Waals surface area contributed by atoms with Crippen LogP contribution in [0.2, 0.25) is 0 Å². The standard InChI is InChI=1S/C24H24N3/c1-5-16-13-17(6-2)23-20(14-16)26(4)24-21-15(3)11-12-25-22(21)18-9-7-8-10-19(18)27(23)24/h7-14H,5-6H2,1-4H3/q+1. The van der Waals surface area contributed by atoms with Crippen molar-refractivity contribution in [3.63, 3.8) is 0 Å². The zero-order valence-corrected chi connectivity index (χ0v) is 16.4. The van der Waals surface area contributed by atoms with Gasteiger partial charge in [0, 0.05) is 17.1 Å². The summed E-state index contributed by atoms with van der Waals surface area (Å²) in [5.74, 6) is 0. The molecule has 0 N–H and O–H groups in total. The number of imidazole rings is 1. The van der Waals surface area contributed by atoms with Gasteiger partial charge in [0.2, 0.25) is 0 Å². The van der Waals surface area contributed by atoms with Crippen molar-refractivity contribution in [1.82, 2.24) is 9.55 Å². The van der Waals surface area contributed by atoms with Crippen LogP contribution in [0, 0.1) is 6.92 Å². The second-order valence-electron chi connectivity index (χ2n) is 7.42. The molecule has 0 spiro atoms. The maximum Gasteiger partial charge on any atom is 0.297 e. The molecule has 0 aliphatic rings. The average Bonchev–Trinajstić information content (AvgIpc) is 3.00. The minimum atomic E-state index is 1.02. The van der Waals surface area contributed by atoms with Crippen LogP contribution in [0.25, 0.3) is 38.5 Å². The average molecular weight is 354 g/mol. The van der Waals surface area contributed by atoms with Crippen LogP contribution in [0.1, 0.15) is 30.5 Å². The van der Waals surface area contributed by atoms with Crippen molar-refractivity contribution in [2.24, 2.45) is 7.05 Å². The number of para-hydroxylation sites is 1. The Kier molecular flexibility index (Phi) is 3.48. The van der Waals surface area contributed by atoms with Crippen molar-refractivity contribution in [2.75, 3.05) is 0 Å². The lowest BCUT2D eigenvalue weighted by molar-refractivity contribution is -0.449. The maximum absolute atomic E-state index is 4.78. The number of nitrogens with zero attached hydrogens (tertiary/aromatic N) is 3. The third-order valence-corrected chi connectivity index (χ3v) is 5.92. The first-order valence-electron chi connectivity index (χ1n) is 9.77. The van der Waals surface area contributed by atoms with Crippen LogP contribution < -0.4 is 4.40 Å². The van der Waals surface area contributed by atoms with Crippen molar-refractivity contribution in [3.05, 3.63) is 65.4 Å². The summed E-state index contributed by atoms with van der Waals surface area (Å²) < 4.78 is 4.82. The monoisotopic (exact) mass is 354 g/mol. The van der Waals surface area contributed by atoms with Gasteiger partial charge >= 0.3 is 0 Å². The molecule has 0 aliphatic carbocycles. The first kappa shape index (κ1) is 16.2. The minimum Gasteiger partial charge on any atom is -0.255 e. The highest BCUT2D eigenvalue weighted by Crippen LogP contribution is 2.31. The molecular formula is C24H24N3+. The number of rotatable bonds is 2. The van der Waals surface area contributed by atoms with Crippen molar-refractivity contribution < 1.29 is 4.40 Å². The van der Waals surface area contributed by atoms with Crippen LogP contribution in [-0.4, -0.2) is 9.55 Å². The van der Waals surface area contributed by atoms with Gasteiger partial charge in [0.25, 0.3) is 5.65 Å². The predicted octanol–water partition coefficient (Wildman–Crippen LogP) is 5.05. The van der Waals surface area contributed by atoms with Gasteiger partial charge in [-0.25, -0.2) is 4.57 Å². The van der Waals surface area contributed by atoms with Crippen molar-refractivity contribution in [1.29, 1.82) is 0 Å². The summed E-state index contributed by atoms with van der Waals surface area (Å²) in [6.07, 6.45) is 4.00. The number of hydrogen-bond acceptors (Lipinski definition) is 1. The third-order valence-electron chi connectivity index (χ3n) is 5.92. The molecule has 5 aromatic rings. The van der Waals surface area contributed by atoms with Gasteiger partial charge in [0.15, 0.2) is 11.0 Å². The summed E-state index contributed by atoms with van der Waals surface area (Å²) >= 11 is 0. The summed E-state index contributed by atoms with van der Waals surface area (Å²) in [4.78, 5) is 4.78.